The SMILES string of the molecule is CCCCCCCCCC/C=C\CCCCCCCCCCCCCCCCCCCCCCCC(=O)OC(COC(=O)CCCCCCCCCCCCCCCCCCCCCCCCCCCCCCCCC)COC(OCC[N+](C)(C)C)C(=O)O. The maximum absolute atomic E-state index is 13.0. The molecule has 0 aromatic heterocycles. The molecule has 528 valence electrons. The molecule has 0 aliphatic rings. The van der Waals surface area contributed by atoms with Crippen molar-refractivity contribution in [2.45, 2.75) is 437 Å². The molecule has 0 aliphatic heterocycles. The topological polar surface area (TPSA) is 108 Å². The zero-order valence-corrected chi connectivity index (χ0v) is 60.6. The molecule has 0 aromatic rings. The van der Waals surface area contributed by atoms with E-state index in [4.69, 9.17) is 18.9 Å². The number of unbranched alkanes of at least 4 members (excludes halogenated alkanes) is 59. The van der Waals surface area contributed by atoms with Gasteiger partial charge < -0.3 is 28.5 Å². The van der Waals surface area contributed by atoms with Crippen molar-refractivity contribution in [2.24, 2.45) is 0 Å². The maximum Gasteiger partial charge on any atom is 0.361 e. The summed E-state index contributed by atoms with van der Waals surface area (Å²) in [4.78, 5) is 37.7. The smallest absolute Gasteiger partial charge is 0.361 e. The maximum atomic E-state index is 13.0. The molecule has 0 saturated heterocycles. The van der Waals surface area contributed by atoms with Gasteiger partial charge in [-0.25, -0.2) is 4.79 Å². The van der Waals surface area contributed by atoms with Gasteiger partial charge in [-0.3, -0.25) is 9.59 Å². The van der Waals surface area contributed by atoms with E-state index >= 15 is 0 Å². The van der Waals surface area contributed by atoms with Gasteiger partial charge in [-0.1, -0.05) is 386 Å². The Morgan fingerprint density at radius 1 is 0.326 bits per heavy atom. The zero-order chi connectivity index (χ0) is 64.7. The number of aliphatic carboxylic acids is 1. The molecule has 0 saturated carbocycles. The Kier molecular flexibility index (Phi) is 70.3. The largest absolute Gasteiger partial charge is 0.477 e. The summed E-state index contributed by atoms with van der Waals surface area (Å²) in [5.74, 6) is -1.96. The van der Waals surface area contributed by atoms with Gasteiger partial charge in [0.05, 0.1) is 34.4 Å². The van der Waals surface area contributed by atoms with E-state index in [0.717, 1.165) is 38.5 Å². The lowest BCUT2D eigenvalue weighted by atomic mass is 10.0. The number of hydrogen-bond donors (Lipinski definition) is 1. The lowest BCUT2D eigenvalue weighted by Gasteiger charge is -2.25. The predicted molar refractivity (Wildman–Crippen MR) is 383 cm³/mol. The minimum atomic E-state index is -1.51. The molecule has 0 amide bonds. The van der Waals surface area contributed by atoms with E-state index in [9.17, 15) is 19.5 Å². The van der Waals surface area contributed by atoms with Crippen LogP contribution in [0.15, 0.2) is 12.2 Å². The van der Waals surface area contributed by atoms with Crippen LogP contribution >= 0.6 is 0 Å². The first kappa shape index (κ1) is 87.0. The molecular formula is C80H156NO8+. The van der Waals surface area contributed by atoms with Crippen molar-refractivity contribution >= 4 is 17.9 Å². The molecule has 0 fully saturated rings. The fourth-order valence-electron chi connectivity index (χ4n) is 12.4. The van der Waals surface area contributed by atoms with Gasteiger partial charge in [0.15, 0.2) is 6.10 Å². The number of carbonyl (C=O) groups excluding carboxylic acids is 2. The molecule has 0 aliphatic carbocycles. The summed E-state index contributed by atoms with van der Waals surface area (Å²) in [5, 5.41) is 9.77. The number of rotatable bonds is 76. The standard InChI is InChI=1S/C80H155NO8/c1-6-8-10-12-14-16-18-20-22-24-26-28-30-32-34-36-38-39-41-43-45-47-49-51-53-55-57-59-61-63-65-67-69-71-78(83)89-76(75-88-80(79(84)85)86-73-72-81(3,4)5)74-87-77(82)70-68-66-64-62-60-58-56-54-52-50-48-46-44-42-40-37-35-33-31-29-27-25-23-21-19-17-15-13-11-9-7-2/h24,26,76,80H,6-23,25,27-75H2,1-5H3/p+1/b26-24-. The molecule has 0 spiro atoms. The van der Waals surface area contributed by atoms with Crippen LogP contribution in [-0.2, 0) is 33.3 Å². The second-order valence-electron chi connectivity index (χ2n) is 28.7. The molecule has 89 heavy (non-hydrogen) atoms. The molecular weight excluding hydrogens is 1100 g/mol. The zero-order valence-electron chi connectivity index (χ0n) is 60.6. The molecule has 0 radical (unpaired) electrons. The van der Waals surface area contributed by atoms with Gasteiger partial charge >= 0.3 is 17.9 Å². The summed E-state index contributed by atoms with van der Waals surface area (Å²) in [6.07, 6.45) is 86.6. The van der Waals surface area contributed by atoms with E-state index in [1.807, 2.05) is 21.1 Å². The van der Waals surface area contributed by atoms with Gasteiger partial charge in [0.1, 0.15) is 13.2 Å². The highest BCUT2D eigenvalue weighted by Gasteiger charge is 2.25. The van der Waals surface area contributed by atoms with Crippen LogP contribution in [0.1, 0.15) is 425 Å². The number of ether oxygens (including phenoxy) is 4. The minimum absolute atomic E-state index is 0.173. The van der Waals surface area contributed by atoms with Crippen molar-refractivity contribution < 1.29 is 42.9 Å². The number of allylic oxidation sites excluding steroid dienone is 2. The highest BCUT2D eigenvalue weighted by atomic mass is 16.7. The Labute approximate surface area is 555 Å². The second-order valence-corrected chi connectivity index (χ2v) is 28.7. The molecule has 2 unspecified atom stereocenters. The second kappa shape index (κ2) is 71.9. The van der Waals surface area contributed by atoms with Crippen LogP contribution in [0.3, 0.4) is 0 Å². The summed E-state index contributed by atoms with van der Waals surface area (Å²) < 4.78 is 23.1. The normalized spacial score (nSPS) is 12.6. The Hall–Kier alpha value is -1.97. The van der Waals surface area contributed by atoms with Gasteiger partial charge in [-0.05, 0) is 38.5 Å². The van der Waals surface area contributed by atoms with E-state index < -0.39 is 18.4 Å². The van der Waals surface area contributed by atoms with Gasteiger partial charge in [0.2, 0.25) is 0 Å². The van der Waals surface area contributed by atoms with E-state index in [1.165, 1.54) is 360 Å². The minimum Gasteiger partial charge on any atom is -0.477 e. The third kappa shape index (κ3) is 73.3. The average molecular weight is 1260 g/mol. The first-order valence-electron chi connectivity index (χ1n) is 39.9. The Balaban J connectivity index is 3.96. The van der Waals surface area contributed by atoms with Crippen LogP contribution < -0.4 is 0 Å². The summed E-state index contributed by atoms with van der Waals surface area (Å²) >= 11 is 0. The van der Waals surface area contributed by atoms with Gasteiger partial charge in [0, 0.05) is 12.8 Å². The van der Waals surface area contributed by atoms with Crippen molar-refractivity contribution in [3.8, 4) is 0 Å². The summed E-state index contributed by atoms with van der Waals surface area (Å²) in [5.41, 5.74) is 0. The summed E-state index contributed by atoms with van der Waals surface area (Å²) in [6.45, 7) is 4.97. The monoisotopic (exact) mass is 1260 g/mol. The highest BCUT2D eigenvalue weighted by Crippen LogP contribution is 2.20. The number of nitrogens with zero attached hydrogens (tertiary/aromatic N) is 1. The quantitative estimate of drug-likeness (QED) is 0.0211. The average Bonchev–Trinajstić information content (AvgIpc) is 3.64. The Bertz CT molecular complexity index is 1460. The van der Waals surface area contributed by atoms with E-state index in [-0.39, 0.29) is 38.2 Å². The summed E-state index contributed by atoms with van der Waals surface area (Å²) in [6, 6.07) is 0. The molecule has 2 atom stereocenters. The van der Waals surface area contributed by atoms with Crippen LogP contribution in [0.4, 0.5) is 0 Å². The van der Waals surface area contributed by atoms with Crippen molar-refractivity contribution in [1.82, 2.24) is 0 Å². The fourth-order valence-corrected chi connectivity index (χ4v) is 12.4. The van der Waals surface area contributed by atoms with Gasteiger partial charge in [-0.2, -0.15) is 0 Å². The molecule has 0 rings (SSSR count). The number of carbonyl (C=O) groups is 3. The van der Waals surface area contributed by atoms with Crippen LogP contribution in [0.5, 0.6) is 0 Å². The van der Waals surface area contributed by atoms with Crippen molar-refractivity contribution in [1.29, 1.82) is 0 Å². The number of carboxylic acids is 1. The molecule has 9 heteroatoms. The van der Waals surface area contributed by atoms with Crippen molar-refractivity contribution in [3.63, 3.8) is 0 Å². The van der Waals surface area contributed by atoms with E-state index in [2.05, 4.69) is 26.0 Å². The van der Waals surface area contributed by atoms with Crippen LogP contribution in [-0.4, -0.2) is 87.4 Å². The number of carboxylic acid groups (broad SMARTS) is 1. The third-order valence-electron chi connectivity index (χ3n) is 18.5. The molecule has 0 heterocycles. The molecule has 0 aromatic carbocycles. The van der Waals surface area contributed by atoms with Crippen molar-refractivity contribution in [2.75, 3.05) is 47.5 Å². The fraction of sp³-hybridized carbons (Fsp3) is 0.938. The van der Waals surface area contributed by atoms with Crippen LogP contribution in [0, 0.1) is 0 Å². The Morgan fingerprint density at radius 3 is 0.831 bits per heavy atom. The number of likely N-dealkylation sites (N-methyl/N-ethyl adjacent to an activating group) is 1. The number of hydrogen-bond acceptors (Lipinski definition) is 7. The molecule has 0 bridgehead atoms. The Morgan fingerprint density at radius 2 is 0.573 bits per heavy atom. The van der Waals surface area contributed by atoms with Crippen LogP contribution in [0.2, 0.25) is 0 Å². The first-order valence-corrected chi connectivity index (χ1v) is 39.9. The van der Waals surface area contributed by atoms with Crippen molar-refractivity contribution in [3.05, 3.63) is 12.2 Å². The molecule has 9 nitrogen and oxygen atoms in total. The number of esters is 2. The number of quaternary nitrogens is 1. The summed E-state index contributed by atoms with van der Waals surface area (Å²) in [7, 11) is 6.00. The predicted octanol–water partition coefficient (Wildman–Crippen LogP) is 25.2. The van der Waals surface area contributed by atoms with Crippen LogP contribution in [0.25, 0.3) is 0 Å². The highest BCUT2D eigenvalue weighted by molar-refractivity contribution is 5.71. The third-order valence-corrected chi connectivity index (χ3v) is 18.5. The lowest BCUT2D eigenvalue weighted by Crippen LogP contribution is -2.40. The van der Waals surface area contributed by atoms with E-state index in [0.29, 0.717) is 17.4 Å². The van der Waals surface area contributed by atoms with Gasteiger partial charge in [-0.15, -0.1) is 0 Å². The first-order chi connectivity index (χ1) is 43.6. The van der Waals surface area contributed by atoms with Gasteiger partial charge in [0.25, 0.3) is 6.29 Å². The van der Waals surface area contributed by atoms with E-state index in [1.54, 1.807) is 0 Å². The lowest BCUT2D eigenvalue weighted by molar-refractivity contribution is -0.870. The molecule has 1 N–H and O–H groups in total.